The largest absolute Gasteiger partial charge is 0.355 e. The Morgan fingerprint density at radius 2 is 1.77 bits per heavy atom. The van der Waals surface area contributed by atoms with E-state index in [-0.39, 0.29) is 17.0 Å². The van der Waals surface area contributed by atoms with Crippen molar-refractivity contribution in [1.29, 1.82) is 0 Å². The normalized spacial score (nSPS) is 15.3. The van der Waals surface area contributed by atoms with E-state index in [1.807, 2.05) is 0 Å². The van der Waals surface area contributed by atoms with E-state index in [1.54, 1.807) is 37.3 Å². The molecule has 0 saturated carbocycles. The molecule has 2 aromatic carbocycles. The summed E-state index contributed by atoms with van der Waals surface area (Å²) in [5.41, 5.74) is 0.609. The monoisotopic (exact) mass is 463 g/mol. The molecule has 1 atom stereocenters. The molecule has 1 aliphatic heterocycles. The van der Waals surface area contributed by atoms with Gasteiger partial charge in [-0.25, -0.2) is 12.7 Å². The fourth-order valence-corrected chi connectivity index (χ4v) is 5.03. The minimum atomic E-state index is -4.15. The molecule has 0 aromatic heterocycles. The van der Waals surface area contributed by atoms with Crippen LogP contribution in [0.1, 0.15) is 29.8 Å². The molecular weight excluding hydrogens is 442 g/mol. The Labute approximate surface area is 185 Å². The van der Waals surface area contributed by atoms with Gasteiger partial charge in [0, 0.05) is 18.1 Å². The van der Waals surface area contributed by atoms with Gasteiger partial charge in [0.05, 0.1) is 5.56 Å². The van der Waals surface area contributed by atoms with Crippen molar-refractivity contribution >= 4 is 39.3 Å². The molecule has 0 bridgehead atoms. The Bertz CT molecular complexity index is 1140. The van der Waals surface area contributed by atoms with Crippen LogP contribution >= 0.6 is 11.6 Å². The van der Waals surface area contributed by atoms with Gasteiger partial charge in [0.25, 0.3) is 15.9 Å². The van der Waals surface area contributed by atoms with Crippen molar-refractivity contribution < 1.29 is 22.8 Å². The van der Waals surface area contributed by atoms with Gasteiger partial charge in [-0.05, 0) is 37.6 Å². The third-order valence-corrected chi connectivity index (χ3v) is 7.16. The SMILES string of the molecule is CCNC(=O)[C@@H](C)N(Cc1ccccc1Cl)C(=O)CN1C(=O)c2ccccc2S1(=O)=O. The van der Waals surface area contributed by atoms with Crippen molar-refractivity contribution in [2.45, 2.75) is 31.3 Å². The second-order valence-corrected chi connectivity index (χ2v) is 9.23. The number of likely N-dealkylation sites (N-methyl/N-ethyl adjacent to an activating group) is 1. The zero-order valence-corrected chi connectivity index (χ0v) is 18.6. The Morgan fingerprint density at radius 3 is 2.42 bits per heavy atom. The quantitative estimate of drug-likeness (QED) is 0.676. The Balaban J connectivity index is 1.91. The van der Waals surface area contributed by atoms with E-state index in [4.69, 9.17) is 11.6 Å². The molecule has 2 aromatic rings. The van der Waals surface area contributed by atoms with E-state index < -0.39 is 40.3 Å². The molecule has 3 amide bonds. The molecular formula is C21H22ClN3O5S. The first kappa shape index (κ1) is 22.8. The molecule has 0 unspecified atom stereocenters. The van der Waals surface area contributed by atoms with E-state index in [0.29, 0.717) is 21.4 Å². The Kier molecular flexibility index (Phi) is 6.66. The third-order valence-electron chi connectivity index (χ3n) is 5.01. The first-order valence-corrected chi connectivity index (χ1v) is 11.5. The predicted molar refractivity (Wildman–Crippen MR) is 115 cm³/mol. The first-order valence-electron chi connectivity index (χ1n) is 9.65. The van der Waals surface area contributed by atoms with Crippen LogP contribution in [0.25, 0.3) is 0 Å². The third kappa shape index (κ3) is 4.42. The van der Waals surface area contributed by atoms with Crippen molar-refractivity contribution in [3.63, 3.8) is 0 Å². The van der Waals surface area contributed by atoms with Crippen LogP contribution in [0, 0.1) is 0 Å². The van der Waals surface area contributed by atoms with Crippen LogP contribution in [-0.2, 0) is 26.2 Å². The van der Waals surface area contributed by atoms with Gasteiger partial charge in [-0.15, -0.1) is 0 Å². The van der Waals surface area contributed by atoms with Gasteiger partial charge < -0.3 is 10.2 Å². The van der Waals surface area contributed by atoms with Gasteiger partial charge in [-0.2, -0.15) is 0 Å². The van der Waals surface area contributed by atoms with Gasteiger partial charge in [0.2, 0.25) is 11.8 Å². The average molecular weight is 464 g/mol. The van der Waals surface area contributed by atoms with E-state index in [0.717, 1.165) is 0 Å². The summed E-state index contributed by atoms with van der Waals surface area (Å²) in [6.45, 7) is 2.91. The van der Waals surface area contributed by atoms with Gasteiger partial charge in [0.1, 0.15) is 17.5 Å². The summed E-state index contributed by atoms with van der Waals surface area (Å²) in [6.07, 6.45) is 0. The lowest BCUT2D eigenvalue weighted by Crippen LogP contribution is -2.51. The summed E-state index contributed by atoms with van der Waals surface area (Å²) < 4.78 is 26.2. The van der Waals surface area contributed by atoms with Gasteiger partial charge in [0.15, 0.2) is 0 Å². The number of nitrogens with one attached hydrogen (secondary N) is 1. The molecule has 1 heterocycles. The lowest BCUT2D eigenvalue weighted by atomic mass is 10.1. The number of benzene rings is 2. The number of halogens is 1. The molecule has 0 radical (unpaired) electrons. The lowest BCUT2D eigenvalue weighted by molar-refractivity contribution is -0.140. The van der Waals surface area contributed by atoms with Gasteiger partial charge in [-0.3, -0.25) is 14.4 Å². The smallest absolute Gasteiger partial charge is 0.269 e. The average Bonchev–Trinajstić information content (AvgIpc) is 2.93. The van der Waals surface area contributed by atoms with Crippen LogP contribution in [0.4, 0.5) is 0 Å². The molecule has 3 rings (SSSR count). The summed E-state index contributed by atoms with van der Waals surface area (Å²) in [5.74, 6) is -1.86. The van der Waals surface area contributed by atoms with Gasteiger partial charge >= 0.3 is 0 Å². The molecule has 0 spiro atoms. The Hall–Kier alpha value is -2.91. The maximum atomic E-state index is 13.2. The number of hydrogen-bond donors (Lipinski definition) is 1. The van der Waals surface area contributed by atoms with Gasteiger partial charge in [-0.1, -0.05) is 41.9 Å². The number of amides is 3. The zero-order chi connectivity index (χ0) is 22.8. The number of nitrogens with zero attached hydrogens (tertiary/aromatic N) is 2. The van der Waals surface area contributed by atoms with Crippen molar-refractivity contribution in [3.8, 4) is 0 Å². The molecule has 1 aliphatic rings. The number of carbonyl (C=O) groups is 3. The van der Waals surface area contributed by atoms with Crippen LogP contribution in [0.15, 0.2) is 53.4 Å². The minimum absolute atomic E-state index is 0.0183. The molecule has 164 valence electrons. The summed E-state index contributed by atoms with van der Waals surface area (Å²) >= 11 is 6.22. The molecule has 10 heteroatoms. The summed E-state index contributed by atoms with van der Waals surface area (Å²) in [5, 5.41) is 3.05. The van der Waals surface area contributed by atoms with E-state index in [1.165, 1.54) is 30.0 Å². The number of sulfonamides is 1. The minimum Gasteiger partial charge on any atom is -0.355 e. The van der Waals surface area contributed by atoms with Crippen LogP contribution in [0.2, 0.25) is 5.02 Å². The first-order chi connectivity index (χ1) is 14.7. The standard InChI is InChI=1S/C21H22ClN3O5S/c1-3-23-20(27)14(2)24(12-15-8-4-6-10-17(15)22)19(26)13-25-21(28)16-9-5-7-11-18(16)31(25,29)30/h4-11,14H,3,12-13H2,1-2H3,(H,23,27)/t14-/m1/s1. The molecule has 0 fully saturated rings. The maximum absolute atomic E-state index is 13.2. The highest BCUT2D eigenvalue weighted by Crippen LogP contribution is 2.30. The second kappa shape index (κ2) is 9.07. The predicted octanol–water partition coefficient (Wildman–Crippen LogP) is 2.04. The summed E-state index contributed by atoms with van der Waals surface area (Å²) in [7, 11) is -4.15. The molecule has 8 nitrogen and oxygen atoms in total. The highest BCUT2D eigenvalue weighted by molar-refractivity contribution is 7.90. The fraction of sp³-hybridized carbons (Fsp3) is 0.286. The topological polar surface area (TPSA) is 104 Å². The van der Waals surface area contributed by atoms with Crippen LogP contribution in [-0.4, -0.2) is 54.5 Å². The molecule has 0 aliphatic carbocycles. The number of hydrogen-bond acceptors (Lipinski definition) is 5. The van der Waals surface area contributed by atoms with Crippen molar-refractivity contribution in [2.24, 2.45) is 0 Å². The summed E-state index contributed by atoms with van der Waals surface area (Å²) in [6, 6.07) is 11.7. The Morgan fingerprint density at radius 1 is 1.13 bits per heavy atom. The number of rotatable bonds is 7. The van der Waals surface area contributed by atoms with E-state index >= 15 is 0 Å². The van der Waals surface area contributed by atoms with Crippen LogP contribution < -0.4 is 5.32 Å². The van der Waals surface area contributed by atoms with Crippen molar-refractivity contribution in [2.75, 3.05) is 13.1 Å². The zero-order valence-electron chi connectivity index (χ0n) is 17.0. The fourth-order valence-electron chi connectivity index (χ4n) is 3.32. The van der Waals surface area contributed by atoms with Crippen molar-refractivity contribution in [3.05, 3.63) is 64.7 Å². The van der Waals surface area contributed by atoms with E-state index in [2.05, 4.69) is 5.32 Å². The second-order valence-electron chi connectivity index (χ2n) is 7.00. The van der Waals surface area contributed by atoms with Crippen LogP contribution in [0.5, 0.6) is 0 Å². The molecule has 0 saturated heterocycles. The van der Waals surface area contributed by atoms with Crippen molar-refractivity contribution in [1.82, 2.24) is 14.5 Å². The highest BCUT2D eigenvalue weighted by Gasteiger charge is 2.43. The van der Waals surface area contributed by atoms with E-state index in [9.17, 15) is 22.8 Å². The van der Waals surface area contributed by atoms with Crippen LogP contribution in [0.3, 0.4) is 0 Å². The lowest BCUT2D eigenvalue weighted by Gasteiger charge is -2.30. The summed E-state index contributed by atoms with van der Waals surface area (Å²) in [4.78, 5) is 39.4. The highest BCUT2D eigenvalue weighted by atomic mass is 35.5. The molecule has 1 N–H and O–H groups in total. The number of fused-ring (bicyclic) bond motifs is 1. The maximum Gasteiger partial charge on any atom is 0.269 e. The number of carbonyl (C=O) groups excluding carboxylic acids is 3. The molecule has 31 heavy (non-hydrogen) atoms.